The summed E-state index contributed by atoms with van der Waals surface area (Å²) in [6, 6.07) is 13.0. The summed E-state index contributed by atoms with van der Waals surface area (Å²) in [5.74, 6) is -0.497. The number of hydrogen-bond donors (Lipinski definition) is 4. The Bertz CT molecular complexity index is 1090. The van der Waals surface area contributed by atoms with Gasteiger partial charge in [0.1, 0.15) is 17.8 Å². The van der Waals surface area contributed by atoms with Crippen LogP contribution in [-0.2, 0) is 27.2 Å². The predicted octanol–water partition coefficient (Wildman–Crippen LogP) is 2.18. The Kier molecular flexibility index (Phi) is 9.64. The van der Waals surface area contributed by atoms with E-state index in [1.54, 1.807) is 26.4 Å². The molecule has 2 aromatic carbocycles. The molecule has 0 saturated carbocycles. The van der Waals surface area contributed by atoms with E-state index < -0.39 is 18.1 Å². The first kappa shape index (κ1) is 26.9. The Morgan fingerprint density at radius 2 is 1.78 bits per heavy atom. The minimum Gasteiger partial charge on any atom is -0.496 e. The summed E-state index contributed by atoms with van der Waals surface area (Å²) in [6.07, 6.45) is 4.71. The zero-order chi connectivity index (χ0) is 26.1. The number of benzene rings is 2. The maximum atomic E-state index is 13.4. The van der Waals surface area contributed by atoms with Crippen LogP contribution in [0.3, 0.4) is 0 Å². The minimum absolute atomic E-state index is 0.139. The van der Waals surface area contributed by atoms with E-state index in [-0.39, 0.29) is 23.6 Å². The quantitative estimate of drug-likeness (QED) is 0.494. The van der Waals surface area contributed by atoms with Crippen LogP contribution in [0.5, 0.6) is 5.75 Å². The molecule has 0 spiro atoms. The number of amides is 3. The van der Waals surface area contributed by atoms with Gasteiger partial charge in [-0.25, -0.2) is 0 Å². The fraction of sp³-hybridized carbons (Fsp3) is 0.393. The van der Waals surface area contributed by atoms with E-state index in [0.29, 0.717) is 25.0 Å². The lowest BCUT2D eigenvalue weighted by molar-refractivity contribution is -0.133. The van der Waals surface area contributed by atoms with Gasteiger partial charge in [-0.15, -0.1) is 0 Å². The molecule has 1 aliphatic heterocycles. The molecule has 8 nitrogen and oxygen atoms in total. The zero-order valence-corrected chi connectivity index (χ0v) is 21.3. The van der Waals surface area contributed by atoms with Crippen LogP contribution in [-0.4, -0.2) is 50.0 Å². The topological polar surface area (TPSA) is 109 Å². The molecule has 0 fully saturated rings. The lowest BCUT2D eigenvalue weighted by Gasteiger charge is -2.28. The SMILES string of the molecule is CC[C@H](C)C1NC(=O)[C@@H](NC)Cc2cc(ccc2OC)/C=C\NC(=O)[C@H](Cc2ccccc2)NC1=O. The Balaban J connectivity index is 2.00. The van der Waals surface area contributed by atoms with E-state index in [1.807, 2.05) is 62.4 Å². The van der Waals surface area contributed by atoms with Gasteiger partial charge in [0, 0.05) is 19.0 Å². The summed E-state index contributed by atoms with van der Waals surface area (Å²) in [7, 11) is 3.30. The summed E-state index contributed by atoms with van der Waals surface area (Å²) in [5, 5.41) is 11.7. The van der Waals surface area contributed by atoms with Crippen molar-refractivity contribution in [2.75, 3.05) is 14.2 Å². The minimum atomic E-state index is -0.815. The molecular formula is C28H36N4O4. The van der Waals surface area contributed by atoms with Gasteiger partial charge < -0.3 is 26.0 Å². The molecule has 0 aliphatic carbocycles. The molecule has 8 heteroatoms. The highest BCUT2D eigenvalue weighted by atomic mass is 16.5. The number of carbonyl (C=O) groups excluding carboxylic acids is 3. The van der Waals surface area contributed by atoms with Crippen LogP contribution >= 0.6 is 0 Å². The molecule has 36 heavy (non-hydrogen) atoms. The molecule has 1 heterocycles. The first-order valence-corrected chi connectivity index (χ1v) is 12.3. The maximum Gasteiger partial charge on any atom is 0.246 e. The Morgan fingerprint density at radius 1 is 1.03 bits per heavy atom. The van der Waals surface area contributed by atoms with Crippen molar-refractivity contribution in [3.8, 4) is 5.75 Å². The number of fused-ring (bicyclic) bond motifs is 2. The molecule has 4 N–H and O–H groups in total. The molecule has 0 aromatic heterocycles. The number of ether oxygens (including phenoxy) is 1. The molecular weight excluding hydrogens is 456 g/mol. The average Bonchev–Trinajstić information content (AvgIpc) is 2.89. The van der Waals surface area contributed by atoms with Gasteiger partial charge in [0.15, 0.2) is 0 Å². The summed E-state index contributed by atoms with van der Waals surface area (Å²) in [4.78, 5) is 39.9. The van der Waals surface area contributed by atoms with Gasteiger partial charge in [-0.2, -0.15) is 0 Å². The Morgan fingerprint density at radius 3 is 2.44 bits per heavy atom. The number of carbonyl (C=O) groups is 3. The first-order valence-electron chi connectivity index (χ1n) is 12.3. The standard InChI is InChI=1S/C28H36N4O4/c1-5-18(2)25-28(35)31-23(16-19-9-7-6-8-10-19)26(33)30-14-13-20-11-12-24(36-4)21(15-20)17-22(29-3)27(34)32-25/h6-15,18,22-23,25,29H,5,16-17H2,1-4H3,(H,30,33)(H,31,35)(H,32,34)/b14-13-/t18-,22-,23-,25?/m0/s1. The largest absolute Gasteiger partial charge is 0.496 e. The molecule has 2 bridgehead atoms. The zero-order valence-electron chi connectivity index (χ0n) is 21.3. The number of methoxy groups -OCH3 is 1. The number of hydrogen-bond acceptors (Lipinski definition) is 5. The van der Waals surface area contributed by atoms with Crippen LogP contribution in [0.4, 0.5) is 0 Å². The van der Waals surface area contributed by atoms with Gasteiger partial charge in [-0.3, -0.25) is 14.4 Å². The Hall–Kier alpha value is -3.65. The molecule has 1 aliphatic rings. The lowest BCUT2D eigenvalue weighted by Crippen LogP contribution is -2.58. The van der Waals surface area contributed by atoms with Crippen molar-refractivity contribution in [3.05, 3.63) is 71.4 Å². The van der Waals surface area contributed by atoms with Crippen molar-refractivity contribution in [2.45, 2.75) is 51.2 Å². The van der Waals surface area contributed by atoms with E-state index in [4.69, 9.17) is 4.74 Å². The highest BCUT2D eigenvalue weighted by molar-refractivity contribution is 5.94. The van der Waals surface area contributed by atoms with Crippen LogP contribution in [0, 0.1) is 5.92 Å². The molecule has 3 rings (SSSR count). The second-order valence-corrected chi connectivity index (χ2v) is 9.08. The van der Waals surface area contributed by atoms with Gasteiger partial charge in [0.05, 0.1) is 13.2 Å². The van der Waals surface area contributed by atoms with Crippen molar-refractivity contribution in [2.24, 2.45) is 5.92 Å². The Labute approximate surface area is 212 Å². The smallest absolute Gasteiger partial charge is 0.246 e. The summed E-state index contributed by atoms with van der Waals surface area (Å²) in [5.41, 5.74) is 2.60. The van der Waals surface area contributed by atoms with Gasteiger partial charge in [0.25, 0.3) is 0 Å². The monoisotopic (exact) mass is 492 g/mol. The van der Waals surface area contributed by atoms with Gasteiger partial charge in [-0.05, 0) is 47.9 Å². The summed E-state index contributed by atoms with van der Waals surface area (Å²) in [6.45, 7) is 3.87. The van der Waals surface area contributed by atoms with Crippen molar-refractivity contribution >= 4 is 23.8 Å². The normalized spacial score (nSPS) is 22.8. The van der Waals surface area contributed by atoms with Crippen LogP contribution in [0.15, 0.2) is 54.7 Å². The van der Waals surface area contributed by atoms with E-state index in [2.05, 4.69) is 21.3 Å². The molecule has 2 aromatic rings. The molecule has 4 atom stereocenters. The number of nitrogens with one attached hydrogen (secondary N) is 4. The first-order chi connectivity index (χ1) is 17.4. The fourth-order valence-corrected chi connectivity index (χ4v) is 4.20. The van der Waals surface area contributed by atoms with Gasteiger partial charge in [-0.1, -0.05) is 56.7 Å². The average molecular weight is 493 g/mol. The van der Waals surface area contributed by atoms with Crippen LogP contribution in [0.25, 0.3) is 6.08 Å². The van der Waals surface area contributed by atoms with Crippen molar-refractivity contribution in [1.29, 1.82) is 0 Å². The second-order valence-electron chi connectivity index (χ2n) is 9.08. The van der Waals surface area contributed by atoms with Gasteiger partial charge >= 0.3 is 0 Å². The molecule has 3 amide bonds. The number of likely N-dealkylation sites (N-methyl/N-ethyl adjacent to an activating group) is 1. The lowest BCUT2D eigenvalue weighted by atomic mass is 9.96. The predicted molar refractivity (Wildman–Crippen MR) is 140 cm³/mol. The summed E-state index contributed by atoms with van der Waals surface area (Å²) < 4.78 is 5.51. The van der Waals surface area contributed by atoms with E-state index in [9.17, 15) is 14.4 Å². The highest BCUT2D eigenvalue weighted by Crippen LogP contribution is 2.23. The summed E-state index contributed by atoms with van der Waals surface area (Å²) >= 11 is 0. The van der Waals surface area contributed by atoms with Gasteiger partial charge in [0.2, 0.25) is 17.7 Å². The van der Waals surface area contributed by atoms with E-state index in [0.717, 1.165) is 16.7 Å². The molecule has 0 saturated heterocycles. The fourth-order valence-electron chi connectivity index (χ4n) is 4.20. The highest BCUT2D eigenvalue weighted by Gasteiger charge is 2.32. The van der Waals surface area contributed by atoms with Crippen molar-refractivity contribution < 1.29 is 19.1 Å². The number of rotatable bonds is 6. The molecule has 192 valence electrons. The maximum absolute atomic E-state index is 13.4. The molecule has 0 radical (unpaired) electrons. The third-order valence-electron chi connectivity index (χ3n) is 6.60. The van der Waals surface area contributed by atoms with Crippen LogP contribution in [0.1, 0.15) is 37.0 Å². The third-order valence-corrected chi connectivity index (χ3v) is 6.60. The van der Waals surface area contributed by atoms with Crippen LogP contribution < -0.4 is 26.0 Å². The molecule has 1 unspecified atom stereocenters. The van der Waals surface area contributed by atoms with Crippen molar-refractivity contribution in [3.63, 3.8) is 0 Å². The second kappa shape index (κ2) is 12.9. The van der Waals surface area contributed by atoms with E-state index >= 15 is 0 Å². The van der Waals surface area contributed by atoms with Crippen LogP contribution in [0.2, 0.25) is 0 Å². The van der Waals surface area contributed by atoms with Crippen molar-refractivity contribution in [1.82, 2.24) is 21.3 Å². The van der Waals surface area contributed by atoms with E-state index in [1.165, 1.54) is 0 Å². The third kappa shape index (κ3) is 6.95.